The standard InChI is InChI=1S/C24H26N2O4/c1-30-24(29)26(15-12-22(28)25-13-10-17(16-27)11-14-25)23-20-8-4-2-6-18(20)19-7-3-5-9-21(19)23/h2-9,16-17,23H,10-15H2,1H3. The number of hydrogen-bond acceptors (Lipinski definition) is 4. The van der Waals surface area contributed by atoms with Gasteiger partial charge in [-0.25, -0.2) is 4.79 Å². The van der Waals surface area contributed by atoms with Crippen LogP contribution in [0.15, 0.2) is 48.5 Å². The second-order valence-corrected chi connectivity index (χ2v) is 7.84. The lowest BCUT2D eigenvalue weighted by Crippen LogP contribution is -2.42. The predicted octanol–water partition coefficient (Wildman–Crippen LogP) is 3.65. The van der Waals surface area contributed by atoms with E-state index in [0.29, 0.717) is 25.9 Å². The van der Waals surface area contributed by atoms with Gasteiger partial charge in [0.25, 0.3) is 0 Å². The summed E-state index contributed by atoms with van der Waals surface area (Å²) in [5, 5.41) is 0. The number of amides is 2. The smallest absolute Gasteiger partial charge is 0.410 e. The molecule has 1 fully saturated rings. The number of methoxy groups -OCH3 is 1. The van der Waals surface area contributed by atoms with Crippen molar-refractivity contribution in [3.05, 3.63) is 59.7 Å². The van der Waals surface area contributed by atoms with Gasteiger partial charge in [0.15, 0.2) is 0 Å². The van der Waals surface area contributed by atoms with E-state index >= 15 is 0 Å². The van der Waals surface area contributed by atoms with Crippen molar-refractivity contribution in [1.82, 2.24) is 9.80 Å². The zero-order valence-electron chi connectivity index (χ0n) is 17.1. The van der Waals surface area contributed by atoms with Gasteiger partial charge in [0.1, 0.15) is 6.29 Å². The van der Waals surface area contributed by atoms with Gasteiger partial charge in [-0.15, -0.1) is 0 Å². The van der Waals surface area contributed by atoms with Crippen molar-refractivity contribution >= 4 is 18.3 Å². The van der Waals surface area contributed by atoms with Crippen molar-refractivity contribution in [2.24, 2.45) is 5.92 Å². The number of fused-ring (bicyclic) bond motifs is 3. The van der Waals surface area contributed by atoms with Gasteiger partial charge in [-0.05, 0) is 35.1 Å². The Labute approximate surface area is 176 Å². The van der Waals surface area contributed by atoms with Gasteiger partial charge < -0.3 is 14.4 Å². The Morgan fingerprint density at radius 2 is 1.60 bits per heavy atom. The molecule has 2 aromatic rings. The second-order valence-electron chi connectivity index (χ2n) is 7.84. The van der Waals surface area contributed by atoms with Crippen molar-refractivity contribution < 1.29 is 19.1 Å². The molecule has 0 bridgehead atoms. The van der Waals surface area contributed by atoms with Crippen LogP contribution in [0, 0.1) is 5.92 Å². The highest BCUT2D eigenvalue weighted by Crippen LogP contribution is 2.46. The zero-order valence-corrected chi connectivity index (χ0v) is 17.1. The van der Waals surface area contributed by atoms with Crippen molar-refractivity contribution in [3.8, 4) is 11.1 Å². The van der Waals surface area contributed by atoms with E-state index in [9.17, 15) is 14.4 Å². The molecule has 6 nitrogen and oxygen atoms in total. The second kappa shape index (κ2) is 8.69. The number of aldehydes is 1. The van der Waals surface area contributed by atoms with Crippen LogP contribution >= 0.6 is 0 Å². The highest BCUT2D eigenvalue weighted by molar-refractivity contribution is 5.82. The summed E-state index contributed by atoms with van der Waals surface area (Å²) in [5.41, 5.74) is 4.30. The summed E-state index contributed by atoms with van der Waals surface area (Å²) in [7, 11) is 1.37. The third-order valence-electron chi connectivity index (χ3n) is 6.17. The third kappa shape index (κ3) is 3.70. The Kier molecular flexibility index (Phi) is 5.84. The molecule has 0 atom stereocenters. The average Bonchev–Trinajstić information content (AvgIpc) is 3.13. The maximum Gasteiger partial charge on any atom is 0.410 e. The minimum atomic E-state index is -0.445. The minimum absolute atomic E-state index is 0.00724. The lowest BCUT2D eigenvalue weighted by molar-refractivity contribution is -0.133. The first-order valence-electron chi connectivity index (χ1n) is 10.4. The molecule has 30 heavy (non-hydrogen) atoms. The first-order valence-corrected chi connectivity index (χ1v) is 10.4. The molecule has 6 heteroatoms. The van der Waals surface area contributed by atoms with Crippen LogP contribution in [0.3, 0.4) is 0 Å². The third-order valence-corrected chi connectivity index (χ3v) is 6.17. The molecule has 0 radical (unpaired) electrons. The van der Waals surface area contributed by atoms with Crippen LogP contribution in [0.1, 0.15) is 36.4 Å². The van der Waals surface area contributed by atoms with Gasteiger partial charge in [0.05, 0.1) is 13.2 Å². The summed E-state index contributed by atoms with van der Waals surface area (Å²) < 4.78 is 5.08. The highest BCUT2D eigenvalue weighted by Gasteiger charge is 2.36. The van der Waals surface area contributed by atoms with Crippen LogP contribution in [-0.4, -0.2) is 54.8 Å². The van der Waals surface area contributed by atoms with E-state index in [4.69, 9.17) is 4.74 Å². The molecule has 1 aliphatic heterocycles. The van der Waals surface area contributed by atoms with E-state index in [2.05, 4.69) is 12.1 Å². The number of likely N-dealkylation sites (tertiary alicyclic amines) is 1. The number of piperidine rings is 1. The summed E-state index contributed by atoms with van der Waals surface area (Å²) in [5.74, 6) is 0.0555. The Bertz CT molecular complexity index is 904. The number of hydrogen-bond donors (Lipinski definition) is 0. The lowest BCUT2D eigenvalue weighted by Gasteiger charge is -2.32. The Morgan fingerprint density at radius 3 is 2.13 bits per heavy atom. The fourth-order valence-electron chi connectivity index (χ4n) is 4.57. The summed E-state index contributed by atoms with van der Waals surface area (Å²) in [6.07, 6.45) is 2.18. The van der Waals surface area contributed by atoms with Crippen LogP contribution in [0.5, 0.6) is 0 Å². The van der Waals surface area contributed by atoms with Crippen LogP contribution in [0.4, 0.5) is 4.79 Å². The van der Waals surface area contributed by atoms with Gasteiger partial charge in [0, 0.05) is 32.0 Å². The average molecular weight is 406 g/mol. The number of ether oxygens (including phenoxy) is 1. The van der Waals surface area contributed by atoms with Crippen LogP contribution < -0.4 is 0 Å². The van der Waals surface area contributed by atoms with Gasteiger partial charge in [0.2, 0.25) is 5.91 Å². The van der Waals surface area contributed by atoms with Crippen molar-refractivity contribution in [3.63, 3.8) is 0 Å². The Morgan fingerprint density at radius 1 is 1.03 bits per heavy atom. The Hall–Kier alpha value is -3.15. The highest BCUT2D eigenvalue weighted by atomic mass is 16.5. The molecule has 2 amide bonds. The molecule has 0 N–H and O–H groups in total. The number of carbonyl (C=O) groups is 3. The number of nitrogens with zero attached hydrogens (tertiary/aromatic N) is 2. The summed E-state index contributed by atoms with van der Waals surface area (Å²) in [4.78, 5) is 39.9. The minimum Gasteiger partial charge on any atom is -0.453 e. The Balaban J connectivity index is 1.55. The molecule has 1 aliphatic carbocycles. The van der Waals surface area contributed by atoms with E-state index in [1.54, 1.807) is 9.80 Å². The van der Waals surface area contributed by atoms with Crippen molar-refractivity contribution in [2.75, 3.05) is 26.7 Å². The molecule has 0 aromatic heterocycles. The molecule has 0 unspecified atom stereocenters. The van der Waals surface area contributed by atoms with Gasteiger partial charge in [-0.1, -0.05) is 48.5 Å². The van der Waals surface area contributed by atoms with E-state index in [1.807, 2.05) is 36.4 Å². The molecule has 4 rings (SSSR count). The molecular formula is C24H26N2O4. The zero-order chi connectivity index (χ0) is 21.1. The van der Waals surface area contributed by atoms with Gasteiger partial charge in [-0.3, -0.25) is 9.69 Å². The molecule has 1 heterocycles. The lowest BCUT2D eigenvalue weighted by atomic mass is 9.98. The fraction of sp³-hybridized carbons (Fsp3) is 0.375. The van der Waals surface area contributed by atoms with E-state index in [0.717, 1.165) is 28.5 Å². The molecule has 1 saturated heterocycles. The van der Waals surface area contributed by atoms with E-state index in [1.165, 1.54) is 7.11 Å². The quantitative estimate of drug-likeness (QED) is 0.711. The van der Waals surface area contributed by atoms with Crippen LogP contribution in [-0.2, 0) is 14.3 Å². The maximum atomic E-state index is 12.8. The fourth-order valence-corrected chi connectivity index (χ4v) is 4.57. The van der Waals surface area contributed by atoms with Gasteiger partial charge in [-0.2, -0.15) is 0 Å². The van der Waals surface area contributed by atoms with Crippen LogP contribution in [0.25, 0.3) is 11.1 Å². The molecule has 2 aliphatic rings. The number of benzene rings is 2. The summed E-state index contributed by atoms with van der Waals surface area (Å²) in [6, 6.07) is 15.8. The predicted molar refractivity (Wildman–Crippen MR) is 113 cm³/mol. The number of carbonyl (C=O) groups excluding carboxylic acids is 3. The first kappa shape index (κ1) is 20.1. The summed E-state index contributed by atoms with van der Waals surface area (Å²) >= 11 is 0. The monoisotopic (exact) mass is 406 g/mol. The van der Waals surface area contributed by atoms with Crippen molar-refractivity contribution in [2.45, 2.75) is 25.3 Å². The van der Waals surface area contributed by atoms with Gasteiger partial charge >= 0.3 is 6.09 Å². The SMILES string of the molecule is COC(=O)N(CCC(=O)N1CCC(C=O)CC1)C1c2ccccc2-c2ccccc21. The summed E-state index contributed by atoms with van der Waals surface area (Å²) in [6.45, 7) is 1.46. The molecular weight excluding hydrogens is 380 g/mol. The molecule has 0 spiro atoms. The maximum absolute atomic E-state index is 12.8. The molecule has 0 saturated carbocycles. The number of rotatable bonds is 5. The molecule has 2 aromatic carbocycles. The molecule has 156 valence electrons. The van der Waals surface area contributed by atoms with E-state index in [-0.39, 0.29) is 30.8 Å². The van der Waals surface area contributed by atoms with Crippen molar-refractivity contribution in [1.29, 1.82) is 0 Å². The van der Waals surface area contributed by atoms with Crippen LogP contribution in [0.2, 0.25) is 0 Å². The topological polar surface area (TPSA) is 66.9 Å². The largest absolute Gasteiger partial charge is 0.453 e. The first-order chi connectivity index (χ1) is 14.6. The van der Waals surface area contributed by atoms with E-state index < -0.39 is 6.09 Å². The normalized spacial score (nSPS) is 16.0.